The fraction of sp³-hybridized carbons (Fsp3) is 0.647. The normalized spacial score (nSPS) is 17.2. The van der Waals surface area contributed by atoms with Crippen molar-refractivity contribution in [1.29, 1.82) is 0 Å². The average molecular weight is 321 g/mol. The zero-order chi connectivity index (χ0) is 16.7. The van der Waals surface area contributed by atoms with Gasteiger partial charge in [0.1, 0.15) is 0 Å². The molecule has 6 nitrogen and oxygen atoms in total. The first-order chi connectivity index (χ1) is 11.2. The number of aromatic amines is 1. The Morgan fingerprint density at radius 1 is 1.35 bits per heavy atom. The number of carbonyl (C=O) groups is 1. The van der Waals surface area contributed by atoms with Gasteiger partial charge in [-0.2, -0.15) is 0 Å². The molecule has 0 radical (unpaired) electrons. The molecule has 1 atom stereocenters. The molecule has 1 aromatic heterocycles. The lowest BCUT2D eigenvalue weighted by Gasteiger charge is -2.38. The molecule has 2 rings (SSSR count). The number of H-pyrrole nitrogens is 1. The number of hydrogen-bond donors (Lipinski definition) is 2. The summed E-state index contributed by atoms with van der Waals surface area (Å²) in [5.41, 5.74) is 0.140. The van der Waals surface area contributed by atoms with Crippen LogP contribution in [-0.2, 0) is 4.74 Å². The summed E-state index contributed by atoms with van der Waals surface area (Å²) < 4.78 is 5.44. The quantitative estimate of drug-likeness (QED) is 0.792. The van der Waals surface area contributed by atoms with E-state index in [1.54, 1.807) is 6.07 Å². The van der Waals surface area contributed by atoms with Gasteiger partial charge in [0.25, 0.3) is 5.91 Å². The molecule has 1 amide bonds. The molecule has 1 aliphatic heterocycles. The SMILES string of the molecule is CCC(CC)[C@H](CNC(=O)c1cc[nH]c(=O)c1)N1CCOCC1. The van der Waals surface area contributed by atoms with E-state index in [-0.39, 0.29) is 11.5 Å². The second kappa shape index (κ2) is 8.84. The van der Waals surface area contributed by atoms with E-state index >= 15 is 0 Å². The Bertz CT molecular complexity index is 548. The molecule has 6 heteroatoms. The van der Waals surface area contributed by atoms with E-state index in [0.29, 0.717) is 24.1 Å². The molecule has 1 aromatic rings. The standard InChI is InChI=1S/C17H27N3O3/c1-3-13(4-2)15(20-7-9-23-10-8-20)12-19-17(22)14-5-6-18-16(21)11-14/h5-6,11,13,15H,3-4,7-10,12H2,1-2H3,(H,18,21)(H,19,22)/t15-/m0/s1. The minimum atomic E-state index is -0.262. The summed E-state index contributed by atoms with van der Waals surface area (Å²) in [6, 6.07) is 3.26. The fourth-order valence-electron chi connectivity index (χ4n) is 3.22. The highest BCUT2D eigenvalue weighted by Crippen LogP contribution is 2.19. The van der Waals surface area contributed by atoms with E-state index in [4.69, 9.17) is 4.74 Å². The third-order valence-electron chi connectivity index (χ3n) is 4.62. The summed E-state index contributed by atoms with van der Waals surface area (Å²) >= 11 is 0. The van der Waals surface area contributed by atoms with Gasteiger partial charge in [0, 0.05) is 43.5 Å². The number of nitrogens with zero attached hydrogens (tertiary/aromatic N) is 1. The van der Waals surface area contributed by atoms with E-state index in [1.807, 2.05) is 0 Å². The van der Waals surface area contributed by atoms with Crippen molar-refractivity contribution in [3.8, 4) is 0 Å². The summed E-state index contributed by atoms with van der Waals surface area (Å²) in [5, 5.41) is 3.00. The van der Waals surface area contributed by atoms with Crippen molar-refractivity contribution in [3.05, 3.63) is 34.2 Å². The fourth-order valence-corrected chi connectivity index (χ4v) is 3.22. The third kappa shape index (κ3) is 4.91. The van der Waals surface area contributed by atoms with Crippen molar-refractivity contribution in [2.45, 2.75) is 32.7 Å². The molecule has 1 fully saturated rings. The van der Waals surface area contributed by atoms with Gasteiger partial charge in [-0.05, 0) is 12.0 Å². The molecule has 1 aliphatic rings. The van der Waals surface area contributed by atoms with Gasteiger partial charge in [-0.15, -0.1) is 0 Å². The van der Waals surface area contributed by atoms with Crippen molar-refractivity contribution in [2.75, 3.05) is 32.8 Å². The average Bonchev–Trinajstić information content (AvgIpc) is 2.59. The zero-order valence-corrected chi connectivity index (χ0v) is 14.0. The Labute approximate surface area is 137 Å². The lowest BCUT2D eigenvalue weighted by Crippen LogP contribution is -2.52. The van der Waals surface area contributed by atoms with Crippen LogP contribution in [0.2, 0.25) is 0 Å². The number of nitrogens with one attached hydrogen (secondary N) is 2. The van der Waals surface area contributed by atoms with Crippen molar-refractivity contribution in [2.24, 2.45) is 5.92 Å². The summed E-state index contributed by atoms with van der Waals surface area (Å²) in [6.07, 6.45) is 3.66. The van der Waals surface area contributed by atoms with Crippen LogP contribution in [0, 0.1) is 5.92 Å². The number of carbonyl (C=O) groups excluding carboxylic acids is 1. The molecule has 1 saturated heterocycles. The number of morpholine rings is 1. The minimum absolute atomic E-state index is 0.194. The molecule has 0 spiro atoms. The molecule has 23 heavy (non-hydrogen) atoms. The van der Waals surface area contributed by atoms with Crippen LogP contribution in [0.15, 0.2) is 23.1 Å². The van der Waals surface area contributed by atoms with Gasteiger partial charge in [-0.25, -0.2) is 0 Å². The van der Waals surface area contributed by atoms with Gasteiger partial charge >= 0.3 is 0 Å². The Morgan fingerprint density at radius 3 is 2.65 bits per heavy atom. The summed E-state index contributed by atoms with van der Waals surface area (Å²) in [4.78, 5) is 28.5. The van der Waals surface area contributed by atoms with Gasteiger partial charge in [-0.3, -0.25) is 14.5 Å². The van der Waals surface area contributed by atoms with Gasteiger partial charge in [-0.1, -0.05) is 26.7 Å². The van der Waals surface area contributed by atoms with Crippen LogP contribution in [0.25, 0.3) is 0 Å². The van der Waals surface area contributed by atoms with E-state index in [0.717, 1.165) is 39.1 Å². The predicted molar refractivity (Wildman–Crippen MR) is 89.6 cm³/mol. The summed E-state index contributed by atoms with van der Waals surface area (Å²) in [5.74, 6) is 0.341. The molecule has 0 unspecified atom stereocenters. The Morgan fingerprint density at radius 2 is 2.04 bits per heavy atom. The number of pyridine rings is 1. The van der Waals surface area contributed by atoms with Crippen LogP contribution in [0.3, 0.4) is 0 Å². The van der Waals surface area contributed by atoms with Crippen molar-refractivity contribution in [1.82, 2.24) is 15.2 Å². The van der Waals surface area contributed by atoms with Gasteiger partial charge in [0.15, 0.2) is 0 Å². The van der Waals surface area contributed by atoms with Crippen LogP contribution < -0.4 is 10.9 Å². The molecular weight excluding hydrogens is 294 g/mol. The third-order valence-corrected chi connectivity index (χ3v) is 4.62. The van der Waals surface area contributed by atoms with Gasteiger partial charge in [0.05, 0.1) is 13.2 Å². The van der Waals surface area contributed by atoms with Crippen molar-refractivity contribution >= 4 is 5.91 Å². The maximum atomic E-state index is 12.3. The second-order valence-electron chi connectivity index (χ2n) is 5.94. The Hall–Kier alpha value is -1.66. The maximum Gasteiger partial charge on any atom is 0.251 e. The van der Waals surface area contributed by atoms with Crippen LogP contribution in [0.1, 0.15) is 37.0 Å². The van der Waals surface area contributed by atoms with Crippen LogP contribution >= 0.6 is 0 Å². The van der Waals surface area contributed by atoms with Crippen molar-refractivity contribution in [3.63, 3.8) is 0 Å². The predicted octanol–water partition coefficient (Wildman–Crippen LogP) is 1.24. The maximum absolute atomic E-state index is 12.3. The minimum Gasteiger partial charge on any atom is -0.379 e. The Kier molecular flexibility index (Phi) is 6.80. The highest BCUT2D eigenvalue weighted by molar-refractivity contribution is 5.93. The van der Waals surface area contributed by atoms with Crippen LogP contribution in [0.4, 0.5) is 0 Å². The molecule has 0 aromatic carbocycles. The number of amides is 1. The van der Waals surface area contributed by atoms with Gasteiger partial charge in [0.2, 0.25) is 5.56 Å². The molecule has 0 saturated carbocycles. The highest BCUT2D eigenvalue weighted by Gasteiger charge is 2.27. The molecule has 0 bridgehead atoms. The van der Waals surface area contributed by atoms with E-state index in [9.17, 15) is 9.59 Å². The summed E-state index contributed by atoms with van der Waals surface area (Å²) in [6.45, 7) is 8.29. The van der Waals surface area contributed by atoms with E-state index < -0.39 is 0 Å². The number of rotatable bonds is 7. The smallest absolute Gasteiger partial charge is 0.251 e. The first-order valence-electron chi connectivity index (χ1n) is 8.44. The van der Waals surface area contributed by atoms with Gasteiger partial charge < -0.3 is 15.0 Å². The zero-order valence-electron chi connectivity index (χ0n) is 14.0. The second-order valence-corrected chi connectivity index (χ2v) is 5.94. The molecule has 2 heterocycles. The lowest BCUT2D eigenvalue weighted by atomic mass is 9.92. The molecule has 128 valence electrons. The lowest BCUT2D eigenvalue weighted by molar-refractivity contribution is 0.00191. The first kappa shape index (κ1) is 17.7. The van der Waals surface area contributed by atoms with Crippen LogP contribution in [-0.4, -0.2) is 54.7 Å². The number of ether oxygens (including phenoxy) is 1. The Balaban J connectivity index is 2.02. The van der Waals surface area contributed by atoms with Crippen LogP contribution in [0.5, 0.6) is 0 Å². The summed E-state index contributed by atoms with van der Waals surface area (Å²) in [7, 11) is 0. The molecular formula is C17H27N3O3. The first-order valence-corrected chi connectivity index (χ1v) is 8.44. The van der Waals surface area contributed by atoms with E-state index in [2.05, 4.69) is 29.0 Å². The van der Waals surface area contributed by atoms with E-state index in [1.165, 1.54) is 12.3 Å². The molecule has 0 aliphatic carbocycles. The molecule has 2 N–H and O–H groups in total. The largest absolute Gasteiger partial charge is 0.379 e. The van der Waals surface area contributed by atoms with Crippen molar-refractivity contribution < 1.29 is 9.53 Å². The number of hydrogen-bond acceptors (Lipinski definition) is 4. The monoisotopic (exact) mass is 321 g/mol. The number of aromatic nitrogens is 1. The topological polar surface area (TPSA) is 74.4 Å². The highest BCUT2D eigenvalue weighted by atomic mass is 16.5.